The van der Waals surface area contributed by atoms with Crippen molar-refractivity contribution in [2.45, 2.75) is 18.1 Å². The second-order valence-corrected chi connectivity index (χ2v) is 8.76. The van der Waals surface area contributed by atoms with Crippen LogP contribution in [0.4, 0.5) is 13.2 Å². The molecular formula is C17H14F3N7O3S. The minimum atomic E-state index is -4.68. The third-order valence-electron chi connectivity index (χ3n) is 4.69. The number of halogens is 3. The standard InChI is InChI=1S/C17H14F3N7O3S/c1-3-31(29,30)16-12(14-22-5-4-9(13(21)28)27(14)25-16)15-24-8-6-11(17(18,19)20)23-7-10(8)26(15)2/h4-7H,3H2,1-2H3,(H2,21,28). The number of aryl methyl sites for hydroxylation is 1. The van der Waals surface area contributed by atoms with Gasteiger partial charge in [0.2, 0.25) is 0 Å². The number of nitrogens with zero attached hydrogens (tertiary/aromatic N) is 6. The summed E-state index contributed by atoms with van der Waals surface area (Å²) in [4.78, 5) is 23.5. The molecule has 14 heteroatoms. The monoisotopic (exact) mass is 453 g/mol. The Morgan fingerprint density at radius 1 is 1.26 bits per heavy atom. The Morgan fingerprint density at radius 3 is 2.58 bits per heavy atom. The molecule has 0 radical (unpaired) electrons. The van der Waals surface area contributed by atoms with Crippen molar-refractivity contribution in [1.82, 2.24) is 29.1 Å². The van der Waals surface area contributed by atoms with Gasteiger partial charge in [-0.15, -0.1) is 0 Å². The van der Waals surface area contributed by atoms with Crippen molar-refractivity contribution in [2.24, 2.45) is 12.8 Å². The van der Waals surface area contributed by atoms with Gasteiger partial charge in [0, 0.05) is 13.2 Å². The number of aromatic nitrogens is 6. The fourth-order valence-electron chi connectivity index (χ4n) is 3.13. The summed E-state index contributed by atoms with van der Waals surface area (Å²) in [7, 11) is -2.45. The first-order valence-electron chi connectivity index (χ1n) is 8.76. The quantitative estimate of drug-likeness (QED) is 0.495. The zero-order valence-corrected chi connectivity index (χ0v) is 16.9. The molecule has 0 saturated carbocycles. The summed E-state index contributed by atoms with van der Waals surface area (Å²) in [5.41, 5.74) is 4.18. The van der Waals surface area contributed by atoms with Crippen LogP contribution in [0, 0.1) is 0 Å². The highest BCUT2D eigenvalue weighted by atomic mass is 32.2. The Balaban J connectivity index is 2.11. The molecule has 2 N–H and O–H groups in total. The molecule has 162 valence electrons. The van der Waals surface area contributed by atoms with Gasteiger partial charge in [-0.1, -0.05) is 6.92 Å². The number of nitrogens with two attached hydrogens (primary N) is 1. The summed E-state index contributed by atoms with van der Waals surface area (Å²) < 4.78 is 67.0. The van der Waals surface area contributed by atoms with Crippen LogP contribution in [0.15, 0.2) is 29.6 Å². The molecule has 31 heavy (non-hydrogen) atoms. The topological polar surface area (TPSA) is 138 Å². The Hall–Kier alpha value is -3.55. The van der Waals surface area contributed by atoms with Crippen LogP contribution in [0.2, 0.25) is 0 Å². The first kappa shape index (κ1) is 20.7. The van der Waals surface area contributed by atoms with Crippen LogP contribution in [0.5, 0.6) is 0 Å². The maximum absolute atomic E-state index is 13.0. The molecule has 0 fully saturated rings. The molecule has 4 aromatic heterocycles. The molecule has 0 aliphatic carbocycles. The van der Waals surface area contributed by atoms with Crippen LogP contribution >= 0.6 is 0 Å². The van der Waals surface area contributed by atoms with Crippen LogP contribution in [0.25, 0.3) is 28.1 Å². The van der Waals surface area contributed by atoms with Gasteiger partial charge in [-0.05, 0) is 12.1 Å². The highest BCUT2D eigenvalue weighted by Gasteiger charge is 2.34. The Labute approximate surface area is 172 Å². The Morgan fingerprint density at radius 2 is 1.97 bits per heavy atom. The van der Waals surface area contributed by atoms with Crippen molar-refractivity contribution < 1.29 is 26.4 Å². The lowest BCUT2D eigenvalue weighted by Gasteiger charge is -2.05. The second-order valence-electron chi connectivity index (χ2n) is 6.56. The molecule has 4 heterocycles. The van der Waals surface area contributed by atoms with E-state index < -0.39 is 32.6 Å². The minimum absolute atomic E-state index is 0.00716. The number of alkyl halides is 3. The van der Waals surface area contributed by atoms with Gasteiger partial charge in [-0.2, -0.15) is 18.3 Å². The molecule has 4 rings (SSSR count). The average molecular weight is 453 g/mol. The van der Waals surface area contributed by atoms with E-state index >= 15 is 0 Å². The zero-order chi connectivity index (χ0) is 22.7. The molecule has 0 bridgehead atoms. The van der Waals surface area contributed by atoms with Gasteiger partial charge in [0.15, 0.2) is 20.5 Å². The van der Waals surface area contributed by atoms with E-state index in [1.165, 1.54) is 30.8 Å². The van der Waals surface area contributed by atoms with Gasteiger partial charge >= 0.3 is 6.18 Å². The lowest BCUT2D eigenvalue weighted by Crippen LogP contribution is -2.16. The van der Waals surface area contributed by atoms with E-state index in [1.54, 1.807) is 0 Å². The van der Waals surface area contributed by atoms with Gasteiger partial charge in [-0.25, -0.2) is 27.9 Å². The third-order valence-corrected chi connectivity index (χ3v) is 6.33. The van der Waals surface area contributed by atoms with Gasteiger partial charge in [0.1, 0.15) is 22.8 Å². The van der Waals surface area contributed by atoms with Crippen molar-refractivity contribution in [3.63, 3.8) is 0 Å². The van der Waals surface area contributed by atoms with Gasteiger partial charge in [0.25, 0.3) is 5.91 Å². The predicted molar refractivity (Wildman–Crippen MR) is 102 cm³/mol. The number of pyridine rings is 1. The van der Waals surface area contributed by atoms with E-state index in [-0.39, 0.29) is 39.5 Å². The molecule has 10 nitrogen and oxygen atoms in total. The number of imidazole rings is 1. The second kappa shape index (κ2) is 6.73. The van der Waals surface area contributed by atoms with Gasteiger partial charge < -0.3 is 10.3 Å². The van der Waals surface area contributed by atoms with Crippen LogP contribution in [0.3, 0.4) is 0 Å². The average Bonchev–Trinajstić information content (AvgIpc) is 3.25. The number of carbonyl (C=O) groups is 1. The largest absolute Gasteiger partial charge is 0.433 e. The summed E-state index contributed by atoms with van der Waals surface area (Å²) in [5, 5.41) is 3.62. The van der Waals surface area contributed by atoms with Crippen LogP contribution in [-0.2, 0) is 23.1 Å². The van der Waals surface area contributed by atoms with Crippen LogP contribution in [-0.4, -0.2) is 49.2 Å². The third kappa shape index (κ3) is 3.19. The molecule has 4 aromatic rings. The molecule has 0 spiro atoms. The lowest BCUT2D eigenvalue weighted by atomic mass is 10.3. The number of hydrogen-bond acceptors (Lipinski definition) is 7. The smallest absolute Gasteiger partial charge is 0.364 e. The zero-order valence-electron chi connectivity index (χ0n) is 16.0. The molecule has 1 amide bonds. The number of hydrogen-bond donors (Lipinski definition) is 1. The molecule has 0 aromatic carbocycles. The number of amides is 1. The summed E-state index contributed by atoms with van der Waals surface area (Å²) >= 11 is 0. The van der Waals surface area contributed by atoms with E-state index in [4.69, 9.17) is 5.73 Å². The number of primary amides is 1. The maximum Gasteiger partial charge on any atom is 0.433 e. The van der Waals surface area contributed by atoms with E-state index in [2.05, 4.69) is 20.1 Å². The van der Waals surface area contributed by atoms with Gasteiger partial charge in [-0.3, -0.25) is 4.79 Å². The van der Waals surface area contributed by atoms with E-state index in [1.807, 2.05) is 0 Å². The SMILES string of the molecule is CCS(=O)(=O)c1nn2c(C(N)=O)ccnc2c1-c1nc2cc(C(F)(F)F)ncc2n1C. The molecule has 0 aliphatic rings. The summed E-state index contributed by atoms with van der Waals surface area (Å²) in [6.07, 6.45) is -2.43. The number of rotatable bonds is 4. The van der Waals surface area contributed by atoms with Crippen molar-refractivity contribution in [1.29, 1.82) is 0 Å². The van der Waals surface area contributed by atoms with E-state index in [0.717, 1.165) is 16.8 Å². The minimum Gasteiger partial charge on any atom is -0.364 e. The van der Waals surface area contributed by atoms with E-state index in [9.17, 15) is 26.4 Å². The molecular weight excluding hydrogens is 439 g/mol. The Bertz CT molecular complexity index is 1470. The highest BCUT2D eigenvalue weighted by molar-refractivity contribution is 7.91. The molecule has 0 saturated heterocycles. The van der Waals surface area contributed by atoms with Gasteiger partial charge in [0.05, 0.1) is 23.0 Å². The fraction of sp³-hybridized carbons (Fsp3) is 0.235. The summed E-state index contributed by atoms with van der Waals surface area (Å²) in [6, 6.07) is 2.03. The normalized spacial score (nSPS) is 12.7. The number of fused-ring (bicyclic) bond motifs is 2. The highest BCUT2D eigenvalue weighted by Crippen LogP contribution is 2.34. The molecule has 0 atom stereocenters. The number of sulfone groups is 1. The van der Waals surface area contributed by atoms with Crippen molar-refractivity contribution >= 4 is 32.4 Å². The van der Waals surface area contributed by atoms with Crippen LogP contribution < -0.4 is 5.73 Å². The fourth-order valence-corrected chi connectivity index (χ4v) is 4.10. The van der Waals surface area contributed by atoms with Crippen molar-refractivity contribution in [3.05, 3.63) is 35.9 Å². The summed E-state index contributed by atoms with van der Waals surface area (Å²) in [6.45, 7) is 1.40. The maximum atomic E-state index is 13.0. The first-order chi connectivity index (χ1) is 14.5. The lowest BCUT2D eigenvalue weighted by molar-refractivity contribution is -0.141. The van der Waals surface area contributed by atoms with Crippen LogP contribution in [0.1, 0.15) is 23.1 Å². The molecule has 0 unspecified atom stereocenters. The molecule has 0 aliphatic heterocycles. The predicted octanol–water partition coefficient (Wildman–Crippen LogP) is 1.59. The summed E-state index contributed by atoms with van der Waals surface area (Å²) in [5.74, 6) is -1.20. The first-order valence-corrected chi connectivity index (χ1v) is 10.4. The van der Waals surface area contributed by atoms with Crippen molar-refractivity contribution in [2.75, 3.05) is 5.75 Å². The van der Waals surface area contributed by atoms with E-state index in [0.29, 0.717) is 0 Å². The van der Waals surface area contributed by atoms with Crippen molar-refractivity contribution in [3.8, 4) is 11.4 Å². The Kier molecular flexibility index (Phi) is 4.50. The number of carbonyl (C=O) groups excluding carboxylic acids is 1.